The summed E-state index contributed by atoms with van der Waals surface area (Å²) in [4.78, 5) is 11.0. The van der Waals surface area contributed by atoms with Gasteiger partial charge in [-0.2, -0.15) is 13.2 Å². The van der Waals surface area contributed by atoms with Crippen LogP contribution in [0.15, 0.2) is 18.2 Å². The van der Waals surface area contributed by atoms with Crippen molar-refractivity contribution in [1.82, 2.24) is 0 Å². The predicted molar refractivity (Wildman–Crippen MR) is 75.6 cm³/mol. The minimum Gasteiger partial charge on any atom is -0.478 e. The van der Waals surface area contributed by atoms with E-state index in [1.807, 2.05) is 6.92 Å². The van der Waals surface area contributed by atoms with Gasteiger partial charge in [-0.05, 0) is 31.5 Å². The van der Waals surface area contributed by atoms with Crippen LogP contribution in [0.4, 0.5) is 18.9 Å². The monoisotopic (exact) mass is 303 g/mol. The lowest BCUT2D eigenvalue weighted by Gasteiger charge is -2.17. The highest BCUT2D eigenvalue weighted by molar-refractivity contribution is 5.91. The van der Waals surface area contributed by atoms with Crippen LogP contribution in [0.3, 0.4) is 0 Å². The van der Waals surface area contributed by atoms with E-state index >= 15 is 0 Å². The minimum absolute atomic E-state index is 0.0786. The van der Waals surface area contributed by atoms with Crippen molar-refractivity contribution in [3.63, 3.8) is 0 Å². The van der Waals surface area contributed by atoms with Crippen LogP contribution in [0.1, 0.15) is 55.5 Å². The van der Waals surface area contributed by atoms with E-state index in [1.165, 1.54) is 6.07 Å². The normalized spacial score (nSPS) is 13.0. The van der Waals surface area contributed by atoms with Crippen molar-refractivity contribution in [1.29, 1.82) is 0 Å². The first kappa shape index (κ1) is 17.3. The molecule has 1 aromatic rings. The van der Waals surface area contributed by atoms with Crippen molar-refractivity contribution in [2.45, 2.75) is 51.7 Å². The molecule has 0 radical (unpaired) electrons. The molecule has 0 spiro atoms. The summed E-state index contributed by atoms with van der Waals surface area (Å²) in [5.41, 5.74) is -1.46. The molecule has 21 heavy (non-hydrogen) atoms. The van der Waals surface area contributed by atoms with E-state index in [2.05, 4.69) is 12.2 Å². The zero-order valence-electron chi connectivity index (χ0n) is 12.1. The van der Waals surface area contributed by atoms with Crippen molar-refractivity contribution >= 4 is 11.7 Å². The van der Waals surface area contributed by atoms with Gasteiger partial charge in [-0.1, -0.05) is 26.2 Å². The lowest BCUT2D eigenvalue weighted by atomic mass is 10.0. The smallest absolute Gasteiger partial charge is 0.417 e. The number of carbonyl (C=O) groups is 1. The molecule has 0 aromatic heterocycles. The van der Waals surface area contributed by atoms with E-state index in [9.17, 15) is 18.0 Å². The maximum absolute atomic E-state index is 12.7. The Morgan fingerprint density at radius 3 is 2.52 bits per heavy atom. The third-order valence-corrected chi connectivity index (χ3v) is 3.21. The molecule has 1 rings (SSSR count). The lowest BCUT2D eigenvalue weighted by Crippen LogP contribution is -2.17. The van der Waals surface area contributed by atoms with Gasteiger partial charge < -0.3 is 10.4 Å². The van der Waals surface area contributed by atoms with E-state index in [-0.39, 0.29) is 6.04 Å². The second-order valence-electron chi connectivity index (χ2n) is 5.10. The van der Waals surface area contributed by atoms with Gasteiger partial charge in [0, 0.05) is 11.7 Å². The molecule has 3 nitrogen and oxygen atoms in total. The van der Waals surface area contributed by atoms with Crippen LogP contribution in [0.5, 0.6) is 0 Å². The van der Waals surface area contributed by atoms with Crippen LogP contribution in [-0.2, 0) is 6.18 Å². The molecular formula is C15H20F3NO2. The third kappa shape index (κ3) is 5.28. The SMILES string of the molecule is CCCCCC(C)Nc1ccc(C(F)(F)F)c(C(=O)O)c1. The van der Waals surface area contributed by atoms with Crippen molar-refractivity contribution in [2.24, 2.45) is 0 Å². The fraction of sp³-hybridized carbons (Fsp3) is 0.533. The third-order valence-electron chi connectivity index (χ3n) is 3.21. The average molecular weight is 303 g/mol. The number of anilines is 1. The summed E-state index contributed by atoms with van der Waals surface area (Å²) in [5.74, 6) is -1.58. The molecule has 0 bridgehead atoms. The fourth-order valence-corrected chi connectivity index (χ4v) is 2.12. The molecule has 0 aliphatic rings. The van der Waals surface area contributed by atoms with Crippen LogP contribution in [-0.4, -0.2) is 17.1 Å². The van der Waals surface area contributed by atoms with Crippen molar-refractivity contribution in [3.05, 3.63) is 29.3 Å². The Morgan fingerprint density at radius 1 is 1.33 bits per heavy atom. The van der Waals surface area contributed by atoms with E-state index < -0.39 is 23.3 Å². The summed E-state index contributed by atoms with van der Waals surface area (Å²) in [7, 11) is 0. The van der Waals surface area contributed by atoms with Gasteiger partial charge in [0.25, 0.3) is 0 Å². The standard InChI is InChI=1S/C15H20F3NO2/c1-3-4-5-6-10(2)19-11-7-8-13(15(16,17)18)12(9-11)14(20)21/h7-10,19H,3-6H2,1-2H3,(H,20,21). The Balaban J connectivity index is 2.86. The van der Waals surface area contributed by atoms with Crippen LogP contribution in [0, 0.1) is 0 Å². The first-order valence-electron chi connectivity index (χ1n) is 6.96. The largest absolute Gasteiger partial charge is 0.478 e. The lowest BCUT2D eigenvalue weighted by molar-refractivity contribution is -0.138. The molecule has 1 unspecified atom stereocenters. The number of aromatic carboxylic acids is 1. The second kappa shape index (κ2) is 7.33. The van der Waals surface area contributed by atoms with Gasteiger partial charge in [0.2, 0.25) is 0 Å². The van der Waals surface area contributed by atoms with Gasteiger partial charge in [0.15, 0.2) is 0 Å². The van der Waals surface area contributed by atoms with E-state index in [1.54, 1.807) is 0 Å². The van der Waals surface area contributed by atoms with Crippen molar-refractivity contribution in [2.75, 3.05) is 5.32 Å². The summed E-state index contributed by atoms with van der Waals surface area (Å²) in [6.07, 6.45) is -0.567. The average Bonchev–Trinajstić information content (AvgIpc) is 2.37. The van der Waals surface area contributed by atoms with Gasteiger partial charge in [-0.25, -0.2) is 4.79 Å². The fourth-order valence-electron chi connectivity index (χ4n) is 2.12. The molecule has 0 aliphatic carbocycles. The second-order valence-corrected chi connectivity index (χ2v) is 5.10. The Morgan fingerprint density at radius 2 is 2.00 bits per heavy atom. The molecule has 0 heterocycles. The molecule has 1 atom stereocenters. The summed E-state index contributed by atoms with van der Waals surface area (Å²) in [5, 5.41) is 12.0. The molecule has 0 aliphatic heterocycles. The number of halogens is 3. The highest BCUT2D eigenvalue weighted by Crippen LogP contribution is 2.33. The molecule has 0 saturated carbocycles. The maximum atomic E-state index is 12.7. The van der Waals surface area contributed by atoms with Crippen molar-refractivity contribution in [3.8, 4) is 0 Å². The zero-order valence-corrected chi connectivity index (χ0v) is 12.1. The van der Waals surface area contributed by atoms with E-state index in [0.29, 0.717) is 5.69 Å². The first-order valence-corrected chi connectivity index (χ1v) is 6.96. The van der Waals surface area contributed by atoms with Crippen LogP contribution in [0.2, 0.25) is 0 Å². The predicted octanol–water partition coefficient (Wildman–Crippen LogP) is 4.78. The Hall–Kier alpha value is -1.72. The summed E-state index contributed by atoms with van der Waals surface area (Å²) < 4.78 is 38.2. The van der Waals surface area contributed by atoms with Gasteiger partial charge in [0.05, 0.1) is 11.1 Å². The molecule has 0 saturated heterocycles. The Bertz CT molecular complexity index is 486. The number of alkyl halides is 3. The highest BCUT2D eigenvalue weighted by Gasteiger charge is 2.35. The molecular weight excluding hydrogens is 283 g/mol. The van der Waals surface area contributed by atoms with Crippen LogP contribution >= 0.6 is 0 Å². The summed E-state index contributed by atoms with van der Waals surface area (Å²) in [6, 6.07) is 3.20. The summed E-state index contributed by atoms with van der Waals surface area (Å²) in [6.45, 7) is 4.01. The van der Waals surface area contributed by atoms with Gasteiger partial charge in [0.1, 0.15) is 0 Å². The molecule has 1 aromatic carbocycles. The number of carboxylic acid groups (broad SMARTS) is 1. The first-order chi connectivity index (χ1) is 9.75. The molecule has 2 N–H and O–H groups in total. The highest BCUT2D eigenvalue weighted by atomic mass is 19.4. The number of hydrogen-bond donors (Lipinski definition) is 2. The molecule has 118 valence electrons. The van der Waals surface area contributed by atoms with Gasteiger partial charge in [-0.15, -0.1) is 0 Å². The van der Waals surface area contributed by atoms with Crippen LogP contribution in [0.25, 0.3) is 0 Å². The maximum Gasteiger partial charge on any atom is 0.417 e. The number of benzene rings is 1. The molecule has 0 amide bonds. The quantitative estimate of drug-likeness (QED) is 0.712. The van der Waals surface area contributed by atoms with Crippen LogP contribution < -0.4 is 5.32 Å². The van der Waals surface area contributed by atoms with E-state index in [4.69, 9.17) is 5.11 Å². The van der Waals surface area contributed by atoms with Gasteiger partial charge >= 0.3 is 12.1 Å². The minimum atomic E-state index is -4.67. The molecule has 0 fully saturated rings. The Kier molecular flexibility index (Phi) is 6.05. The zero-order chi connectivity index (χ0) is 16.0. The molecule has 6 heteroatoms. The van der Waals surface area contributed by atoms with E-state index in [0.717, 1.165) is 37.8 Å². The topological polar surface area (TPSA) is 49.3 Å². The number of rotatable bonds is 7. The summed E-state index contributed by atoms with van der Waals surface area (Å²) >= 11 is 0. The number of unbranched alkanes of at least 4 members (excludes halogenated alkanes) is 2. The number of carboxylic acids is 1. The Labute approximate surface area is 122 Å². The number of nitrogens with one attached hydrogen (secondary N) is 1. The van der Waals surface area contributed by atoms with Crippen molar-refractivity contribution < 1.29 is 23.1 Å². The number of hydrogen-bond acceptors (Lipinski definition) is 2. The van der Waals surface area contributed by atoms with Gasteiger partial charge in [-0.3, -0.25) is 0 Å².